The third-order valence-corrected chi connectivity index (χ3v) is 3.13. The number of aryl methyl sites for hydroxylation is 1. The summed E-state index contributed by atoms with van der Waals surface area (Å²) in [4.78, 5) is 11.9. The first-order valence-electron chi connectivity index (χ1n) is 5.13. The third kappa shape index (κ3) is 1.67. The van der Waals surface area contributed by atoms with Crippen LogP contribution >= 0.6 is 0 Å². The van der Waals surface area contributed by atoms with Gasteiger partial charge in [0.2, 0.25) is 0 Å². The smallest absolute Gasteiger partial charge is 0.182 e. The second kappa shape index (κ2) is 3.42. The van der Waals surface area contributed by atoms with Crippen molar-refractivity contribution in [2.75, 3.05) is 0 Å². The number of rotatable bonds is 2. The molecule has 15 heavy (non-hydrogen) atoms. The molecule has 0 aromatic heterocycles. The fraction of sp³-hybridized carbons (Fsp3) is 0.417. The van der Waals surface area contributed by atoms with Crippen molar-refractivity contribution in [1.82, 2.24) is 0 Å². The van der Waals surface area contributed by atoms with Gasteiger partial charge in [-0.2, -0.15) is 0 Å². The van der Waals surface area contributed by atoms with Crippen molar-refractivity contribution in [3.8, 4) is 0 Å². The summed E-state index contributed by atoms with van der Waals surface area (Å²) in [5.74, 6) is -0.476. The molecule has 0 unspecified atom stereocenters. The summed E-state index contributed by atoms with van der Waals surface area (Å²) >= 11 is 0. The Morgan fingerprint density at radius 1 is 1.47 bits per heavy atom. The number of carbonyl (C=O) groups excluding carboxylic acids is 1. The van der Waals surface area contributed by atoms with Crippen LogP contribution in [0.4, 0.5) is 4.39 Å². The van der Waals surface area contributed by atoms with E-state index in [0.717, 1.165) is 6.42 Å². The fourth-order valence-corrected chi connectivity index (χ4v) is 1.81. The minimum Gasteiger partial charge on any atom is -0.319 e. The zero-order chi connectivity index (χ0) is 11.1. The zero-order valence-corrected chi connectivity index (χ0v) is 8.72. The third-order valence-electron chi connectivity index (χ3n) is 3.13. The van der Waals surface area contributed by atoms with E-state index in [1.165, 1.54) is 6.07 Å². The van der Waals surface area contributed by atoms with Gasteiger partial charge in [-0.3, -0.25) is 4.79 Å². The van der Waals surface area contributed by atoms with Gasteiger partial charge in [0.1, 0.15) is 5.82 Å². The minimum absolute atomic E-state index is 0.132. The van der Waals surface area contributed by atoms with E-state index in [4.69, 9.17) is 5.73 Å². The normalized spacial score (nSPS) is 18.3. The summed E-state index contributed by atoms with van der Waals surface area (Å²) in [6.07, 6.45) is 2.40. The molecule has 0 heterocycles. The van der Waals surface area contributed by atoms with Crippen molar-refractivity contribution in [2.24, 2.45) is 5.73 Å². The molecule has 0 aliphatic heterocycles. The van der Waals surface area contributed by atoms with Crippen LogP contribution < -0.4 is 5.73 Å². The lowest BCUT2D eigenvalue weighted by molar-refractivity contribution is 0.0800. The molecule has 0 spiro atoms. The molecular weight excluding hydrogens is 193 g/mol. The van der Waals surface area contributed by atoms with E-state index >= 15 is 0 Å². The van der Waals surface area contributed by atoms with E-state index < -0.39 is 5.54 Å². The highest BCUT2D eigenvalue weighted by molar-refractivity contribution is 6.03. The Bertz CT molecular complexity index is 410. The van der Waals surface area contributed by atoms with Crippen molar-refractivity contribution >= 4 is 5.78 Å². The molecule has 2 rings (SSSR count). The summed E-state index contributed by atoms with van der Waals surface area (Å²) in [5, 5.41) is 0. The molecule has 0 amide bonds. The van der Waals surface area contributed by atoms with Gasteiger partial charge in [-0.15, -0.1) is 0 Å². The Balaban J connectivity index is 2.30. The van der Waals surface area contributed by atoms with Crippen molar-refractivity contribution in [1.29, 1.82) is 0 Å². The first-order valence-corrected chi connectivity index (χ1v) is 5.13. The molecule has 2 nitrogen and oxygen atoms in total. The predicted molar refractivity (Wildman–Crippen MR) is 56.2 cm³/mol. The molecular formula is C12H14FNO. The molecule has 2 N–H and O–H groups in total. The average Bonchev–Trinajstić information content (AvgIpc) is 2.17. The molecule has 0 saturated heterocycles. The zero-order valence-electron chi connectivity index (χ0n) is 8.72. The molecule has 0 bridgehead atoms. The second-order valence-corrected chi connectivity index (χ2v) is 4.30. The van der Waals surface area contributed by atoms with Crippen LogP contribution in [-0.2, 0) is 0 Å². The Labute approximate surface area is 88.3 Å². The molecule has 1 aliphatic carbocycles. The minimum atomic E-state index is -0.734. The number of nitrogens with two attached hydrogens (primary N) is 1. The van der Waals surface area contributed by atoms with E-state index in [-0.39, 0.29) is 11.6 Å². The monoisotopic (exact) mass is 207 g/mol. The molecule has 1 fully saturated rings. The summed E-state index contributed by atoms with van der Waals surface area (Å²) in [7, 11) is 0. The van der Waals surface area contributed by atoms with Crippen LogP contribution in [0.15, 0.2) is 18.2 Å². The van der Waals surface area contributed by atoms with E-state index in [9.17, 15) is 9.18 Å². The largest absolute Gasteiger partial charge is 0.319 e. The van der Waals surface area contributed by atoms with Crippen LogP contribution in [0.3, 0.4) is 0 Å². The van der Waals surface area contributed by atoms with Crippen LogP contribution in [0, 0.1) is 12.7 Å². The molecule has 3 heteroatoms. The number of ketones is 1. The highest BCUT2D eigenvalue weighted by atomic mass is 19.1. The van der Waals surface area contributed by atoms with Crippen molar-refractivity contribution < 1.29 is 9.18 Å². The fourth-order valence-electron chi connectivity index (χ4n) is 1.81. The van der Waals surface area contributed by atoms with E-state index in [1.807, 2.05) is 0 Å². The highest BCUT2D eigenvalue weighted by Gasteiger charge is 2.40. The lowest BCUT2D eigenvalue weighted by atomic mass is 9.73. The number of benzene rings is 1. The lowest BCUT2D eigenvalue weighted by Gasteiger charge is -2.36. The molecule has 1 aromatic carbocycles. The molecule has 0 radical (unpaired) electrons. The molecule has 80 valence electrons. The Morgan fingerprint density at radius 3 is 2.60 bits per heavy atom. The van der Waals surface area contributed by atoms with Crippen molar-refractivity contribution in [3.63, 3.8) is 0 Å². The predicted octanol–water partition coefficient (Wildman–Crippen LogP) is 2.20. The van der Waals surface area contributed by atoms with Gasteiger partial charge >= 0.3 is 0 Å². The van der Waals surface area contributed by atoms with Crippen molar-refractivity contribution in [2.45, 2.75) is 31.7 Å². The SMILES string of the molecule is Cc1ccc(C(=O)C2(N)CCC2)cc1F. The Kier molecular flexibility index (Phi) is 2.35. The summed E-state index contributed by atoms with van der Waals surface area (Å²) < 4.78 is 13.3. The highest BCUT2D eigenvalue weighted by Crippen LogP contribution is 2.32. The first kappa shape index (κ1) is 10.3. The van der Waals surface area contributed by atoms with E-state index in [0.29, 0.717) is 24.0 Å². The second-order valence-electron chi connectivity index (χ2n) is 4.30. The van der Waals surface area contributed by atoms with Crippen molar-refractivity contribution in [3.05, 3.63) is 35.1 Å². The number of carbonyl (C=O) groups is 1. The molecule has 1 aliphatic rings. The number of Topliss-reactive ketones (excluding diaryl/α,β-unsaturated/α-hetero) is 1. The van der Waals surface area contributed by atoms with Gasteiger partial charge in [0.05, 0.1) is 5.54 Å². The topological polar surface area (TPSA) is 43.1 Å². The summed E-state index contributed by atoms with van der Waals surface area (Å²) in [6.45, 7) is 1.67. The van der Waals surface area contributed by atoms with Gasteiger partial charge in [-0.05, 0) is 37.8 Å². The standard InChI is InChI=1S/C12H14FNO/c1-8-3-4-9(7-10(8)13)11(15)12(14)5-2-6-12/h3-4,7H,2,5-6,14H2,1H3. The van der Waals surface area contributed by atoms with Gasteiger partial charge in [-0.25, -0.2) is 4.39 Å². The van der Waals surface area contributed by atoms with Gasteiger partial charge in [0.15, 0.2) is 5.78 Å². The maximum atomic E-state index is 13.3. The van der Waals surface area contributed by atoms with Crippen LogP contribution in [-0.4, -0.2) is 11.3 Å². The first-order chi connectivity index (χ1) is 7.03. The maximum absolute atomic E-state index is 13.3. The summed E-state index contributed by atoms with van der Waals surface area (Å²) in [6, 6.07) is 4.54. The van der Waals surface area contributed by atoms with Gasteiger partial charge in [0.25, 0.3) is 0 Å². The van der Waals surface area contributed by atoms with Gasteiger partial charge in [0, 0.05) is 5.56 Å². The van der Waals surface area contributed by atoms with E-state index in [1.54, 1.807) is 19.1 Å². The van der Waals surface area contributed by atoms with E-state index in [2.05, 4.69) is 0 Å². The number of halogens is 1. The Morgan fingerprint density at radius 2 is 2.13 bits per heavy atom. The average molecular weight is 207 g/mol. The maximum Gasteiger partial charge on any atom is 0.182 e. The Hall–Kier alpha value is -1.22. The number of hydrogen-bond donors (Lipinski definition) is 1. The number of hydrogen-bond acceptors (Lipinski definition) is 2. The molecule has 1 aromatic rings. The van der Waals surface area contributed by atoms with Crippen LogP contribution in [0.2, 0.25) is 0 Å². The molecule has 0 atom stereocenters. The molecule has 1 saturated carbocycles. The lowest BCUT2D eigenvalue weighted by Crippen LogP contribution is -2.53. The van der Waals surface area contributed by atoms with Gasteiger partial charge in [-0.1, -0.05) is 12.1 Å². The summed E-state index contributed by atoms with van der Waals surface area (Å²) in [5.41, 5.74) is 6.10. The quantitative estimate of drug-likeness (QED) is 0.755. The van der Waals surface area contributed by atoms with Crippen LogP contribution in [0.25, 0.3) is 0 Å². The van der Waals surface area contributed by atoms with Gasteiger partial charge < -0.3 is 5.73 Å². The van der Waals surface area contributed by atoms with Crippen LogP contribution in [0.1, 0.15) is 35.2 Å². The van der Waals surface area contributed by atoms with Crippen LogP contribution in [0.5, 0.6) is 0 Å².